The lowest BCUT2D eigenvalue weighted by Gasteiger charge is -2.19. The first-order valence-corrected chi connectivity index (χ1v) is 9.68. The number of hydrogen-bond donors (Lipinski definition) is 1. The molecule has 0 bridgehead atoms. The molecule has 0 aliphatic carbocycles. The van der Waals surface area contributed by atoms with Crippen molar-refractivity contribution < 1.29 is 14.6 Å². The second-order valence-electron chi connectivity index (χ2n) is 6.62. The molecule has 6 nitrogen and oxygen atoms in total. The molecule has 30 heavy (non-hydrogen) atoms. The van der Waals surface area contributed by atoms with E-state index in [1.165, 1.54) is 10.9 Å². The summed E-state index contributed by atoms with van der Waals surface area (Å²) in [5.41, 5.74) is 0.244. The molecule has 0 aliphatic heterocycles. The van der Waals surface area contributed by atoms with Gasteiger partial charge in [0.25, 0.3) is 0 Å². The molecule has 4 aromatic rings. The smallest absolute Gasteiger partial charge is 0.311 e. The molecule has 1 unspecified atom stereocenters. The van der Waals surface area contributed by atoms with Crippen LogP contribution in [-0.4, -0.2) is 28.6 Å². The minimum atomic E-state index is -0.695. The highest BCUT2D eigenvalue weighted by Gasteiger charge is 2.22. The molecule has 0 radical (unpaired) electrons. The van der Waals surface area contributed by atoms with Crippen LogP contribution in [0, 0.1) is 0 Å². The highest BCUT2D eigenvalue weighted by Crippen LogP contribution is 2.29. The zero-order valence-electron chi connectivity index (χ0n) is 16.2. The summed E-state index contributed by atoms with van der Waals surface area (Å²) in [6.45, 7) is -0.315. The number of aromatic nitrogens is 2. The zero-order valence-corrected chi connectivity index (χ0v) is 16.9. The molecule has 0 saturated carbocycles. The third-order valence-corrected chi connectivity index (χ3v) is 5.11. The summed E-state index contributed by atoms with van der Waals surface area (Å²) in [5.74, 6) is 1.03. The van der Waals surface area contributed by atoms with Crippen LogP contribution in [0.3, 0.4) is 0 Å². The zero-order chi connectivity index (χ0) is 21.1. The lowest BCUT2D eigenvalue weighted by Crippen LogP contribution is -2.30. The summed E-state index contributed by atoms with van der Waals surface area (Å²) >= 11 is 6.21. The Hall–Kier alpha value is -3.35. The van der Waals surface area contributed by atoms with Gasteiger partial charge in [0.05, 0.1) is 19.9 Å². The van der Waals surface area contributed by atoms with Crippen LogP contribution in [0.5, 0.6) is 17.2 Å². The number of hydrogen-bond acceptors (Lipinski definition) is 5. The molecular formula is C23H19ClN2O4. The maximum atomic E-state index is 13.2. The number of benzene rings is 3. The van der Waals surface area contributed by atoms with Gasteiger partial charge >= 0.3 is 5.56 Å². The monoisotopic (exact) mass is 422 g/mol. The third kappa shape index (κ3) is 3.75. The van der Waals surface area contributed by atoms with Crippen LogP contribution in [0.25, 0.3) is 10.8 Å². The second kappa shape index (κ2) is 8.57. The van der Waals surface area contributed by atoms with Crippen LogP contribution < -0.4 is 15.0 Å². The van der Waals surface area contributed by atoms with Crippen molar-refractivity contribution in [2.24, 2.45) is 0 Å². The Morgan fingerprint density at radius 1 is 1.03 bits per heavy atom. The van der Waals surface area contributed by atoms with Gasteiger partial charge in [0.1, 0.15) is 22.6 Å². The summed E-state index contributed by atoms with van der Waals surface area (Å²) in [6.07, 6.45) is 1.34. The molecule has 1 N–H and O–H groups in total. The standard InChI is InChI=1S/C23H19ClN2O4/c1-29-16-9-11-17(12-10-16)30-22-20(24)13-25-26(23(22)28)21(14-27)19-8-4-6-15-5-2-3-7-18(15)19/h2-13,21,27H,14H2,1H3. The number of methoxy groups -OCH3 is 1. The van der Waals surface area contributed by atoms with Crippen molar-refractivity contribution in [3.05, 3.63) is 93.9 Å². The summed E-state index contributed by atoms with van der Waals surface area (Å²) in [6, 6.07) is 19.6. The van der Waals surface area contributed by atoms with E-state index in [0.717, 1.165) is 16.3 Å². The molecule has 3 aromatic carbocycles. The highest BCUT2D eigenvalue weighted by molar-refractivity contribution is 6.31. The molecule has 7 heteroatoms. The van der Waals surface area contributed by atoms with Gasteiger partial charge in [-0.2, -0.15) is 5.10 Å². The Morgan fingerprint density at radius 2 is 1.73 bits per heavy atom. The number of aliphatic hydroxyl groups excluding tert-OH is 1. The minimum absolute atomic E-state index is 0.0597. The molecule has 0 fully saturated rings. The fraction of sp³-hybridized carbons (Fsp3) is 0.130. The van der Waals surface area contributed by atoms with E-state index < -0.39 is 11.6 Å². The van der Waals surface area contributed by atoms with E-state index in [0.29, 0.717) is 11.5 Å². The normalized spacial score (nSPS) is 12.0. The first-order valence-electron chi connectivity index (χ1n) is 9.30. The Morgan fingerprint density at radius 3 is 2.47 bits per heavy atom. The van der Waals surface area contributed by atoms with E-state index in [-0.39, 0.29) is 17.4 Å². The average Bonchev–Trinajstić information content (AvgIpc) is 2.79. The fourth-order valence-electron chi connectivity index (χ4n) is 3.35. The van der Waals surface area contributed by atoms with E-state index >= 15 is 0 Å². The molecule has 4 rings (SSSR count). The van der Waals surface area contributed by atoms with Crippen LogP contribution in [0.2, 0.25) is 5.02 Å². The molecule has 1 heterocycles. The second-order valence-corrected chi connectivity index (χ2v) is 7.02. The van der Waals surface area contributed by atoms with Crippen molar-refractivity contribution in [3.63, 3.8) is 0 Å². The lowest BCUT2D eigenvalue weighted by molar-refractivity contribution is 0.236. The molecule has 1 atom stereocenters. The van der Waals surface area contributed by atoms with Crippen molar-refractivity contribution in [2.75, 3.05) is 13.7 Å². The van der Waals surface area contributed by atoms with Gasteiger partial charge in [0.2, 0.25) is 5.75 Å². The van der Waals surface area contributed by atoms with Crippen LogP contribution in [-0.2, 0) is 0 Å². The number of ether oxygens (including phenoxy) is 2. The molecule has 0 spiro atoms. The SMILES string of the molecule is COc1ccc(Oc2c(Cl)cnn(C(CO)c3cccc4ccccc34)c2=O)cc1. The molecule has 0 amide bonds. The molecule has 152 valence electrons. The van der Waals surface area contributed by atoms with E-state index in [4.69, 9.17) is 21.1 Å². The summed E-state index contributed by atoms with van der Waals surface area (Å²) in [7, 11) is 1.57. The van der Waals surface area contributed by atoms with Crippen molar-refractivity contribution in [2.45, 2.75) is 6.04 Å². The number of rotatable bonds is 6. The third-order valence-electron chi connectivity index (χ3n) is 4.84. The Bertz CT molecular complexity index is 1230. The van der Waals surface area contributed by atoms with Crippen LogP contribution in [0.1, 0.15) is 11.6 Å². The highest BCUT2D eigenvalue weighted by atomic mass is 35.5. The maximum Gasteiger partial charge on any atom is 0.311 e. The van der Waals surface area contributed by atoms with Gasteiger partial charge in [-0.3, -0.25) is 4.79 Å². The van der Waals surface area contributed by atoms with Crippen LogP contribution in [0.15, 0.2) is 77.7 Å². The van der Waals surface area contributed by atoms with Gasteiger partial charge in [-0.05, 0) is 40.6 Å². The summed E-state index contributed by atoms with van der Waals surface area (Å²) in [5, 5.41) is 16.3. The molecule has 0 saturated heterocycles. The van der Waals surface area contributed by atoms with Crippen LogP contribution in [0.4, 0.5) is 0 Å². The average molecular weight is 423 g/mol. The summed E-state index contributed by atoms with van der Waals surface area (Å²) < 4.78 is 12.1. The summed E-state index contributed by atoms with van der Waals surface area (Å²) in [4.78, 5) is 13.2. The maximum absolute atomic E-state index is 13.2. The van der Waals surface area contributed by atoms with Crippen molar-refractivity contribution in [1.82, 2.24) is 9.78 Å². The largest absolute Gasteiger partial charge is 0.497 e. The van der Waals surface area contributed by atoms with E-state index in [1.807, 2.05) is 42.5 Å². The lowest BCUT2D eigenvalue weighted by atomic mass is 9.99. The van der Waals surface area contributed by atoms with Crippen molar-refractivity contribution >= 4 is 22.4 Å². The minimum Gasteiger partial charge on any atom is -0.497 e. The molecule has 1 aromatic heterocycles. The van der Waals surface area contributed by atoms with Crippen LogP contribution >= 0.6 is 11.6 Å². The van der Waals surface area contributed by atoms with Gasteiger partial charge in [-0.25, -0.2) is 4.68 Å². The first kappa shape index (κ1) is 19.9. The predicted molar refractivity (Wildman–Crippen MR) is 116 cm³/mol. The molecule has 0 aliphatic rings. The number of nitrogens with zero attached hydrogens (tertiary/aromatic N) is 2. The van der Waals surface area contributed by atoms with Gasteiger partial charge in [0, 0.05) is 0 Å². The van der Waals surface area contributed by atoms with Gasteiger partial charge in [-0.15, -0.1) is 0 Å². The predicted octanol–water partition coefficient (Wildman–Crippen LogP) is 4.43. The molecular weight excluding hydrogens is 404 g/mol. The number of fused-ring (bicyclic) bond motifs is 1. The van der Waals surface area contributed by atoms with E-state index in [9.17, 15) is 9.90 Å². The van der Waals surface area contributed by atoms with Gasteiger partial charge < -0.3 is 14.6 Å². The number of aliphatic hydroxyl groups is 1. The topological polar surface area (TPSA) is 73.6 Å². The number of halogens is 1. The van der Waals surface area contributed by atoms with Gasteiger partial charge in [0.15, 0.2) is 0 Å². The Labute approximate surface area is 177 Å². The van der Waals surface area contributed by atoms with E-state index in [1.54, 1.807) is 31.4 Å². The van der Waals surface area contributed by atoms with E-state index in [2.05, 4.69) is 5.10 Å². The Kier molecular flexibility index (Phi) is 5.70. The first-order chi connectivity index (χ1) is 14.6. The fourth-order valence-corrected chi connectivity index (χ4v) is 3.52. The van der Waals surface area contributed by atoms with Gasteiger partial charge in [-0.1, -0.05) is 54.1 Å². The Balaban J connectivity index is 1.78. The van der Waals surface area contributed by atoms with Crippen molar-refractivity contribution in [1.29, 1.82) is 0 Å². The van der Waals surface area contributed by atoms with Crippen molar-refractivity contribution in [3.8, 4) is 17.2 Å². The quantitative estimate of drug-likeness (QED) is 0.497.